The molecule has 0 radical (unpaired) electrons. The van der Waals surface area contributed by atoms with Crippen molar-refractivity contribution in [2.75, 3.05) is 12.4 Å². The van der Waals surface area contributed by atoms with E-state index in [9.17, 15) is 4.79 Å². The lowest BCUT2D eigenvalue weighted by molar-refractivity contribution is 0.0595. The molecule has 0 saturated carbocycles. The van der Waals surface area contributed by atoms with E-state index in [1.165, 1.54) is 7.11 Å². The summed E-state index contributed by atoms with van der Waals surface area (Å²) in [7, 11) is 1.35. The van der Waals surface area contributed by atoms with Gasteiger partial charge in [0.15, 0.2) is 5.69 Å². The molecule has 5 heteroatoms. The zero-order valence-electron chi connectivity index (χ0n) is 16.0. The molecule has 29 heavy (non-hydrogen) atoms. The van der Waals surface area contributed by atoms with E-state index >= 15 is 0 Å². The molecule has 4 aromatic rings. The maximum absolute atomic E-state index is 12.3. The highest BCUT2D eigenvalue weighted by molar-refractivity contribution is 5.93. The third kappa shape index (κ3) is 3.38. The van der Waals surface area contributed by atoms with Crippen molar-refractivity contribution >= 4 is 11.7 Å². The van der Waals surface area contributed by atoms with Gasteiger partial charge in [0, 0.05) is 0 Å². The van der Waals surface area contributed by atoms with E-state index in [1.54, 1.807) is 6.20 Å². The van der Waals surface area contributed by atoms with E-state index in [1.807, 2.05) is 54.6 Å². The highest BCUT2D eigenvalue weighted by Crippen LogP contribution is 2.40. The van der Waals surface area contributed by atoms with Gasteiger partial charge >= 0.3 is 5.97 Å². The normalized spacial score (nSPS) is 11.1. The van der Waals surface area contributed by atoms with E-state index in [4.69, 9.17) is 4.74 Å². The number of H-pyrrole nitrogens is 1. The number of nitrogens with one attached hydrogen (secondary N) is 2. The molecule has 1 aromatic heterocycles. The predicted molar refractivity (Wildman–Crippen MR) is 113 cm³/mol. The average Bonchev–Trinajstić information content (AvgIpc) is 3.27. The van der Waals surface area contributed by atoms with Gasteiger partial charge in [-0.1, -0.05) is 91.0 Å². The van der Waals surface area contributed by atoms with E-state index in [0.717, 1.165) is 16.7 Å². The largest absolute Gasteiger partial charge is 0.464 e. The Balaban J connectivity index is 1.99. The second-order valence-corrected chi connectivity index (χ2v) is 6.62. The average molecular weight is 383 g/mol. The van der Waals surface area contributed by atoms with Crippen LogP contribution >= 0.6 is 0 Å². The Labute approximate surface area is 169 Å². The number of carbonyl (C=O) groups is 1. The number of hydrogen-bond donors (Lipinski definition) is 2. The van der Waals surface area contributed by atoms with Crippen molar-refractivity contribution in [3.63, 3.8) is 0 Å². The van der Waals surface area contributed by atoms with E-state index in [2.05, 4.69) is 51.9 Å². The monoisotopic (exact) mass is 383 g/mol. The van der Waals surface area contributed by atoms with Crippen molar-refractivity contribution in [3.05, 3.63) is 120 Å². The summed E-state index contributed by atoms with van der Waals surface area (Å²) in [6.07, 6.45) is 1.61. The summed E-state index contributed by atoms with van der Waals surface area (Å²) >= 11 is 0. The van der Waals surface area contributed by atoms with Gasteiger partial charge in [0.2, 0.25) is 0 Å². The van der Waals surface area contributed by atoms with Crippen molar-refractivity contribution < 1.29 is 9.53 Å². The summed E-state index contributed by atoms with van der Waals surface area (Å²) in [5, 5.41) is 10.4. The smallest absolute Gasteiger partial charge is 0.358 e. The van der Waals surface area contributed by atoms with Crippen molar-refractivity contribution in [1.29, 1.82) is 0 Å². The molecule has 0 unspecified atom stereocenters. The lowest BCUT2D eigenvalue weighted by atomic mass is 9.77. The number of anilines is 1. The minimum atomic E-state index is -0.740. The van der Waals surface area contributed by atoms with Gasteiger partial charge in [-0.3, -0.25) is 5.10 Å². The summed E-state index contributed by atoms with van der Waals surface area (Å²) in [4.78, 5) is 12.3. The van der Waals surface area contributed by atoms with Crippen LogP contribution in [0.25, 0.3) is 0 Å². The quantitative estimate of drug-likeness (QED) is 0.377. The summed E-state index contributed by atoms with van der Waals surface area (Å²) in [6, 6.07) is 30.5. The third-order valence-electron chi connectivity index (χ3n) is 4.97. The van der Waals surface area contributed by atoms with Crippen LogP contribution in [0.3, 0.4) is 0 Å². The molecule has 0 amide bonds. The Kier molecular flexibility index (Phi) is 5.12. The molecule has 0 saturated heterocycles. The minimum absolute atomic E-state index is 0.277. The van der Waals surface area contributed by atoms with Crippen LogP contribution in [-0.2, 0) is 10.3 Å². The van der Waals surface area contributed by atoms with Crippen LogP contribution in [0, 0.1) is 0 Å². The van der Waals surface area contributed by atoms with Gasteiger partial charge in [-0.2, -0.15) is 5.10 Å². The van der Waals surface area contributed by atoms with Crippen molar-refractivity contribution in [2.45, 2.75) is 5.54 Å². The number of aromatic amines is 1. The number of aromatic nitrogens is 2. The Morgan fingerprint density at radius 1 is 0.828 bits per heavy atom. The Hall–Kier alpha value is -3.86. The molecular weight excluding hydrogens is 362 g/mol. The molecule has 4 rings (SSSR count). The van der Waals surface area contributed by atoms with Gasteiger partial charge < -0.3 is 10.1 Å². The fraction of sp³-hybridized carbons (Fsp3) is 0.0833. The lowest BCUT2D eigenvalue weighted by Crippen LogP contribution is -2.38. The van der Waals surface area contributed by atoms with Crippen LogP contribution in [0.5, 0.6) is 0 Å². The molecule has 0 aliphatic rings. The fourth-order valence-corrected chi connectivity index (χ4v) is 3.62. The standard InChI is InChI=1S/C24H21N3O2/c1-29-23(28)22-21(17-25-27-22)26-24(18-11-5-2-6-12-18,19-13-7-3-8-14-19)20-15-9-4-10-16-20/h2-17,26H,1H3,(H,25,27). The molecule has 0 atom stereocenters. The van der Waals surface area contributed by atoms with Gasteiger partial charge in [0.1, 0.15) is 5.54 Å². The number of ether oxygens (including phenoxy) is 1. The first-order valence-electron chi connectivity index (χ1n) is 9.32. The van der Waals surface area contributed by atoms with Crippen LogP contribution in [0.1, 0.15) is 27.2 Å². The van der Waals surface area contributed by atoms with Crippen LogP contribution in [0.15, 0.2) is 97.2 Å². The first-order chi connectivity index (χ1) is 14.3. The topological polar surface area (TPSA) is 67.0 Å². The lowest BCUT2D eigenvalue weighted by Gasteiger charge is -2.37. The van der Waals surface area contributed by atoms with Gasteiger partial charge in [0.05, 0.1) is 19.0 Å². The zero-order chi connectivity index (χ0) is 20.1. The third-order valence-corrected chi connectivity index (χ3v) is 4.97. The zero-order valence-corrected chi connectivity index (χ0v) is 16.0. The van der Waals surface area contributed by atoms with Crippen LogP contribution in [0.4, 0.5) is 5.69 Å². The maximum Gasteiger partial charge on any atom is 0.358 e. The van der Waals surface area contributed by atoms with E-state index in [0.29, 0.717) is 5.69 Å². The molecule has 0 fully saturated rings. The number of methoxy groups -OCH3 is 1. The van der Waals surface area contributed by atoms with E-state index < -0.39 is 11.5 Å². The van der Waals surface area contributed by atoms with Crippen molar-refractivity contribution in [3.8, 4) is 0 Å². The van der Waals surface area contributed by atoms with Gasteiger partial charge in [0.25, 0.3) is 0 Å². The number of esters is 1. The molecule has 1 heterocycles. The molecule has 144 valence electrons. The number of rotatable bonds is 6. The molecular formula is C24H21N3O2. The van der Waals surface area contributed by atoms with Crippen LogP contribution in [-0.4, -0.2) is 23.3 Å². The van der Waals surface area contributed by atoms with Gasteiger partial charge in [-0.05, 0) is 16.7 Å². The molecule has 2 N–H and O–H groups in total. The first-order valence-corrected chi connectivity index (χ1v) is 9.32. The Morgan fingerprint density at radius 2 is 1.28 bits per heavy atom. The van der Waals surface area contributed by atoms with Gasteiger partial charge in [-0.25, -0.2) is 4.79 Å². The van der Waals surface area contributed by atoms with Crippen molar-refractivity contribution in [2.24, 2.45) is 0 Å². The summed E-state index contributed by atoms with van der Waals surface area (Å²) in [6.45, 7) is 0. The molecule has 5 nitrogen and oxygen atoms in total. The number of carbonyl (C=O) groups excluding carboxylic acids is 1. The number of benzene rings is 3. The molecule has 3 aromatic carbocycles. The highest BCUT2D eigenvalue weighted by Gasteiger charge is 2.37. The maximum atomic E-state index is 12.3. The Morgan fingerprint density at radius 3 is 1.69 bits per heavy atom. The molecule has 0 spiro atoms. The predicted octanol–water partition coefficient (Wildman–Crippen LogP) is 4.60. The fourth-order valence-electron chi connectivity index (χ4n) is 3.62. The van der Waals surface area contributed by atoms with Crippen LogP contribution in [0.2, 0.25) is 0 Å². The molecule has 0 bridgehead atoms. The summed E-state index contributed by atoms with van der Waals surface area (Å²) < 4.78 is 4.92. The summed E-state index contributed by atoms with van der Waals surface area (Å²) in [5.41, 5.74) is 3.21. The molecule has 0 aliphatic carbocycles. The first kappa shape index (κ1) is 18.5. The second-order valence-electron chi connectivity index (χ2n) is 6.62. The molecule has 0 aliphatic heterocycles. The number of hydrogen-bond acceptors (Lipinski definition) is 4. The van der Waals surface area contributed by atoms with E-state index in [-0.39, 0.29) is 5.69 Å². The second kappa shape index (κ2) is 8.02. The van der Waals surface area contributed by atoms with Crippen molar-refractivity contribution in [1.82, 2.24) is 10.2 Å². The minimum Gasteiger partial charge on any atom is -0.464 e. The van der Waals surface area contributed by atoms with Gasteiger partial charge in [-0.15, -0.1) is 0 Å². The highest BCUT2D eigenvalue weighted by atomic mass is 16.5. The number of nitrogens with zero attached hydrogens (tertiary/aromatic N) is 1. The van der Waals surface area contributed by atoms with Crippen LogP contribution < -0.4 is 5.32 Å². The Bertz CT molecular complexity index is 980. The summed E-state index contributed by atoms with van der Waals surface area (Å²) in [5.74, 6) is -0.479. The SMILES string of the molecule is COC(=O)c1[nH]ncc1NC(c1ccccc1)(c1ccccc1)c1ccccc1.